The van der Waals surface area contributed by atoms with Crippen LogP contribution in [0.15, 0.2) is 12.4 Å². The molecule has 4 rings (SSSR count). The summed E-state index contributed by atoms with van der Waals surface area (Å²) in [6.07, 6.45) is 10.2. The topological polar surface area (TPSA) is 68.2 Å². The molecule has 138 valence electrons. The molecule has 0 aromatic carbocycles. The van der Waals surface area contributed by atoms with Crippen molar-refractivity contribution >= 4 is 6.03 Å². The lowest BCUT2D eigenvalue weighted by atomic mass is 9.54. The third kappa shape index (κ3) is 2.94. The molecule has 3 fully saturated rings. The molecular formula is C19H30N4O2. The lowest BCUT2D eigenvalue weighted by molar-refractivity contribution is -0.126. The van der Waals surface area contributed by atoms with Gasteiger partial charge in [-0.05, 0) is 25.2 Å². The molecule has 2 aliphatic carbocycles. The number of aromatic nitrogens is 2. The molecule has 1 aliphatic heterocycles. The molecule has 3 unspecified atom stereocenters. The summed E-state index contributed by atoms with van der Waals surface area (Å²) in [5.41, 5.74) is 0.203. The predicted molar refractivity (Wildman–Crippen MR) is 95.0 cm³/mol. The molecule has 6 heteroatoms. The van der Waals surface area contributed by atoms with Gasteiger partial charge in [-0.25, -0.2) is 9.78 Å². The van der Waals surface area contributed by atoms with Crippen molar-refractivity contribution in [2.75, 3.05) is 6.61 Å². The first kappa shape index (κ1) is 16.9. The largest absolute Gasteiger partial charge is 0.377 e. The molecule has 2 N–H and O–H groups in total. The molecule has 2 amide bonds. The van der Waals surface area contributed by atoms with Gasteiger partial charge in [-0.3, -0.25) is 0 Å². The standard InChI is InChI=1S/C19H30N4O2/c1-13(2)12-23-9-8-20-15(23)11-21-18(24)22-16-14-5-10-25-17(14)19(16)6-3-4-7-19/h8-9,13-14,16-17H,3-7,10-12H2,1-2H3,(H2,21,22,24). The first-order valence-corrected chi connectivity index (χ1v) is 9.76. The molecule has 1 aromatic heterocycles. The van der Waals surface area contributed by atoms with Crippen molar-refractivity contribution in [3.05, 3.63) is 18.2 Å². The highest BCUT2D eigenvalue weighted by Crippen LogP contribution is 2.60. The molecular weight excluding hydrogens is 316 g/mol. The number of carbonyl (C=O) groups is 1. The maximum absolute atomic E-state index is 12.5. The van der Waals surface area contributed by atoms with Gasteiger partial charge in [0, 0.05) is 42.9 Å². The Morgan fingerprint density at radius 2 is 2.24 bits per heavy atom. The van der Waals surface area contributed by atoms with E-state index in [1.54, 1.807) is 6.20 Å². The summed E-state index contributed by atoms with van der Waals surface area (Å²) in [4.78, 5) is 16.9. The molecule has 1 aromatic rings. The van der Waals surface area contributed by atoms with E-state index in [2.05, 4.69) is 34.0 Å². The minimum Gasteiger partial charge on any atom is -0.377 e. The molecule has 2 saturated carbocycles. The molecule has 2 heterocycles. The van der Waals surface area contributed by atoms with Gasteiger partial charge in [0.1, 0.15) is 5.82 Å². The van der Waals surface area contributed by atoms with Crippen LogP contribution in [0.3, 0.4) is 0 Å². The van der Waals surface area contributed by atoms with Crippen LogP contribution in [0.4, 0.5) is 4.79 Å². The minimum atomic E-state index is -0.0688. The van der Waals surface area contributed by atoms with Gasteiger partial charge in [-0.2, -0.15) is 0 Å². The van der Waals surface area contributed by atoms with Crippen LogP contribution in [0.2, 0.25) is 0 Å². The van der Waals surface area contributed by atoms with E-state index in [0.29, 0.717) is 24.5 Å². The van der Waals surface area contributed by atoms with Gasteiger partial charge >= 0.3 is 6.03 Å². The highest BCUT2D eigenvalue weighted by molar-refractivity contribution is 5.74. The van der Waals surface area contributed by atoms with E-state index >= 15 is 0 Å². The zero-order chi connectivity index (χ0) is 17.4. The summed E-state index contributed by atoms with van der Waals surface area (Å²) in [6, 6.07) is 0.207. The third-order valence-corrected chi connectivity index (χ3v) is 6.34. The number of rotatable bonds is 5. The van der Waals surface area contributed by atoms with Gasteiger partial charge in [0.05, 0.1) is 12.6 Å². The predicted octanol–water partition coefficient (Wildman–Crippen LogP) is 2.69. The van der Waals surface area contributed by atoms with E-state index in [4.69, 9.17) is 4.74 Å². The molecule has 3 atom stereocenters. The minimum absolute atomic E-state index is 0.0688. The molecule has 1 saturated heterocycles. The Hall–Kier alpha value is -1.56. The van der Waals surface area contributed by atoms with E-state index in [9.17, 15) is 4.79 Å². The second kappa shape index (κ2) is 6.63. The monoisotopic (exact) mass is 346 g/mol. The quantitative estimate of drug-likeness (QED) is 0.861. The number of imidazole rings is 1. The maximum Gasteiger partial charge on any atom is 0.315 e. The smallest absolute Gasteiger partial charge is 0.315 e. The van der Waals surface area contributed by atoms with Crippen molar-refractivity contribution in [1.82, 2.24) is 20.2 Å². The zero-order valence-electron chi connectivity index (χ0n) is 15.3. The number of urea groups is 1. The van der Waals surface area contributed by atoms with Gasteiger partial charge < -0.3 is 19.9 Å². The number of amides is 2. The second-order valence-electron chi connectivity index (χ2n) is 8.38. The molecule has 25 heavy (non-hydrogen) atoms. The SMILES string of the molecule is CC(C)Cn1ccnc1CNC(=O)NC1C2CCOC2C12CCCC2. The second-order valence-corrected chi connectivity index (χ2v) is 8.38. The van der Waals surface area contributed by atoms with Crippen LogP contribution in [0.5, 0.6) is 0 Å². The van der Waals surface area contributed by atoms with E-state index in [-0.39, 0.29) is 17.5 Å². The molecule has 0 radical (unpaired) electrons. The Morgan fingerprint density at radius 3 is 3.00 bits per heavy atom. The van der Waals surface area contributed by atoms with Crippen molar-refractivity contribution in [2.45, 2.75) is 71.2 Å². The van der Waals surface area contributed by atoms with Crippen LogP contribution in [-0.2, 0) is 17.8 Å². The molecule has 0 bridgehead atoms. The number of hydrogen-bond donors (Lipinski definition) is 2. The van der Waals surface area contributed by atoms with Gasteiger partial charge in [-0.15, -0.1) is 0 Å². The number of nitrogens with one attached hydrogen (secondary N) is 2. The van der Waals surface area contributed by atoms with Crippen molar-refractivity contribution in [2.24, 2.45) is 17.3 Å². The lowest BCUT2D eigenvalue weighted by Crippen LogP contribution is -2.69. The number of carbonyl (C=O) groups excluding carboxylic acids is 1. The Labute approximate surface area is 149 Å². The number of ether oxygens (including phenoxy) is 1. The number of hydrogen-bond acceptors (Lipinski definition) is 3. The Balaban J connectivity index is 1.34. The van der Waals surface area contributed by atoms with Crippen LogP contribution < -0.4 is 10.6 Å². The van der Waals surface area contributed by atoms with Crippen LogP contribution in [-0.4, -0.2) is 34.3 Å². The highest BCUT2D eigenvalue weighted by Gasteiger charge is 2.65. The third-order valence-electron chi connectivity index (χ3n) is 6.34. The Bertz CT molecular complexity index is 621. The van der Waals surface area contributed by atoms with Crippen LogP contribution in [0.1, 0.15) is 51.8 Å². The van der Waals surface area contributed by atoms with Crippen molar-refractivity contribution in [1.29, 1.82) is 0 Å². The summed E-state index contributed by atoms with van der Waals surface area (Å²) in [5.74, 6) is 1.97. The summed E-state index contributed by atoms with van der Waals surface area (Å²) in [7, 11) is 0. The number of fused-ring (bicyclic) bond motifs is 2. The lowest BCUT2D eigenvalue weighted by Gasteiger charge is -2.56. The van der Waals surface area contributed by atoms with Crippen molar-refractivity contribution in [3.63, 3.8) is 0 Å². The average Bonchev–Trinajstić information content (AvgIpc) is 3.30. The Morgan fingerprint density at radius 1 is 1.44 bits per heavy atom. The van der Waals surface area contributed by atoms with Crippen LogP contribution >= 0.6 is 0 Å². The van der Waals surface area contributed by atoms with Gasteiger partial charge in [0.25, 0.3) is 0 Å². The fourth-order valence-corrected chi connectivity index (χ4v) is 5.32. The summed E-state index contributed by atoms with van der Waals surface area (Å²) in [6.45, 7) is 6.61. The first-order chi connectivity index (χ1) is 12.1. The van der Waals surface area contributed by atoms with E-state index in [0.717, 1.165) is 25.4 Å². The summed E-state index contributed by atoms with van der Waals surface area (Å²) in [5, 5.41) is 6.29. The summed E-state index contributed by atoms with van der Waals surface area (Å²) >= 11 is 0. The summed E-state index contributed by atoms with van der Waals surface area (Å²) < 4.78 is 8.11. The number of nitrogens with zero attached hydrogens (tertiary/aromatic N) is 2. The average molecular weight is 346 g/mol. The van der Waals surface area contributed by atoms with Crippen LogP contribution in [0, 0.1) is 17.3 Å². The zero-order valence-corrected chi connectivity index (χ0v) is 15.3. The van der Waals surface area contributed by atoms with Gasteiger partial charge in [0.2, 0.25) is 0 Å². The highest BCUT2D eigenvalue weighted by atomic mass is 16.5. The normalized spacial score (nSPS) is 29.6. The molecule has 1 spiro atoms. The molecule has 6 nitrogen and oxygen atoms in total. The van der Waals surface area contributed by atoms with Crippen LogP contribution in [0.25, 0.3) is 0 Å². The fraction of sp³-hybridized carbons (Fsp3) is 0.789. The van der Waals surface area contributed by atoms with Crippen molar-refractivity contribution in [3.8, 4) is 0 Å². The first-order valence-electron chi connectivity index (χ1n) is 9.76. The van der Waals surface area contributed by atoms with Gasteiger partial charge in [0.15, 0.2) is 0 Å². The Kier molecular flexibility index (Phi) is 4.48. The van der Waals surface area contributed by atoms with Crippen molar-refractivity contribution < 1.29 is 9.53 Å². The fourth-order valence-electron chi connectivity index (χ4n) is 5.32. The molecule has 3 aliphatic rings. The van der Waals surface area contributed by atoms with E-state index in [1.165, 1.54) is 25.7 Å². The van der Waals surface area contributed by atoms with Gasteiger partial charge in [-0.1, -0.05) is 26.7 Å². The maximum atomic E-state index is 12.5. The van der Waals surface area contributed by atoms with E-state index < -0.39 is 0 Å². The van der Waals surface area contributed by atoms with E-state index in [1.807, 2.05) is 6.20 Å².